The molecule has 0 spiro atoms. The van der Waals surface area contributed by atoms with Crippen LogP contribution in [0.1, 0.15) is 21.6 Å². The maximum absolute atomic E-state index is 11.7. The molecule has 2 rings (SSSR count). The number of rotatable bonds is 6. The molecule has 0 aliphatic rings. The van der Waals surface area contributed by atoms with E-state index < -0.39 is 0 Å². The third-order valence-corrected chi connectivity index (χ3v) is 3.86. The minimum absolute atomic E-state index is 0.116. The number of ether oxygens (including phenoxy) is 1. The van der Waals surface area contributed by atoms with E-state index in [0.29, 0.717) is 12.3 Å². The van der Waals surface area contributed by atoms with Gasteiger partial charge in [-0.1, -0.05) is 0 Å². The van der Waals surface area contributed by atoms with Crippen LogP contribution >= 0.6 is 11.3 Å². The number of thiophene rings is 1. The Balaban J connectivity index is 1.85. The Kier molecular flexibility index (Phi) is 5.15. The molecule has 0 saturated carbocycles. The lowest BCUT2D eigenvalue weighted by atomic mass is 10.3. The molecular weight excluding hydrogens is 274 g/mol. The van der Waals surface area contributed by atoms with E-state index in [4.69, 9.17) is 9.15 Å². The van der Waals surface area contributed by atoms with E-state index in [1.807, 2.05) is 19.1 Å². The Morgan fingerprint density at radius 3 is 2.95 bits per heavy atom. The van der Waals surface area contributed by atoms with Crippen molar-refractivity contribution in [3.63, 3.8) is 0 Å². The summed E-state index contributed by atoms with van der Waals surface area (Å²) in [4.78, 5) is 14.0. The molecule has 0 aliphatic heterocycles. The number of furan rings is 1. The van der Waals surface area contributed by atoms with Gasteiger partial charge in [0.25, 0.3) is 0 Å². The molecule has 4 nitrogen and oxygen atoms in total. The van der Waals surface area contributed by atoms with Gasteiger partial charge in [-0.25, -0.2) is 0 Å². The van der Waals surface area contributed by atoms with E-state index in [1.165, 1.54) is 11.0 Å². The predicted molar refractivity (Wildman–Crippen MR) is 79.6 cm³/mol. The van der Waals surface area contributed by atoms with Gasteiger partial charge in [0.1, 0.15) is 11.9 Å². The number of aryl methyl sites for hydroxylation is 1. The lowest BCUT2D eigenvalue weighted by molar-refractivity contribution is -0.117. The highest BCUT2D eigenvalue weighted by Gasteiger charge is 2.13. The zero-order chi connectivity index (χ0) is 14.4. The number of amides is 1. The SMILES string of the molecule is COC(CNC(=O)/C=C/c1ccco1)c1ccc(C)s1. The molecule has 106 valence electrons. The van der Waals surface area contributed by atoms with Crippen molar-refractivity contribution >= 4 is 23.3 Å². The Labute approximate surface area is 122 Å². The van der Waals surface area contributed by atoms with Crippen LogP contribution in [0.3, 0.4) is 0 Å². The van der Waals surface area contributed by atoms with Crippen molar-refractivity contribution in [1.29, 1.82) is 0 Å². The van der Waals surface area contributed by atoms with Gasteiger partial charge in [-0.3, -0.25) is 4.79 Å². The van der Waals surface area contributed by atoms with Crippen LogP contribution in [0.5, 0.6) is 0 Å². The number of carbonyl (C=O) groups excluding carboxylic acids is 1. The van der Waals surface area contributed by atoms with E-state index in [0.717, 1.165) is 4.88 Å². The predicted octanol–water partition coefficient (Wildman–Crippen LogP) is 3.17. The third-order valence-electron chi connectivity index (χ3n) is 2.77. The first-order valence-electron chi connectivity index (χ1n) is 6.27. The molecule has 1 N–H and O–H groups in total. The van der Waals surface area contributed by atoms with Crippen molar-refractivity contribution in [2.24, 2.45) is 0 Å². The molecule has 0 radical (unpaired) electrons. The second-order valence-electron chi connectivity index (χ2n) is 4.27. The molecule has 0 aromatic carbocycles. The summed E-state index contributed by atoms with van der Waals surface area (Å²) >= 11 is 1.67. The molecule has 20 heavy (non-hydrogen) atoms. The average Bonchev–Trinajstić information content (AvgIpc) is 3.09. The fraction of sp³-hybridized carbons (Fsp3) is 0.267. The molecule has 5 heteroatoms. The first-order chi connectivity index (χ1) is 9.69. The number of hydrogen-bond donors (Lipinski definition) is 1. The van der Waals surface area contributed by atoms with E-state index in [-0.39, 0.29) is 12.0 Å². The second kappa shape index (κ2) is 7.07. The monoisotopic (exact) mass is 291 g/mol. The molecule has 1 amide bonds. The van der Waals surface area contributed by atoms with Crippen molar-refractivity contribution in [2.75, 3.05) is 13.7 Å². The standard InChI is InChI=1S/C15H17NO3S/c1-11-5-7-14(20-11)13(18-2)10-16-15(17)8-6-12-4-3-9-19-12/h3-9,13H,10H2,1-2H3,(H,16,17)/b8-6+. The molecule has 2 heterocycles. The fourth-order valence-corrected chi connectivity index (χ4v) is 2.68. The van der Waals surface area contributed by atoms with Crippen molar-refractivity contribution in [3.05, 3.63) is 52.1 Å². The van der Waals surface area contributed by atoms with Gasteiger partial charge in [0.2, 0.25) is 5.91 Å². The number of methoxy groups -OCH3 is 1. The van der Waals surface area contributed by atoms with Crippen LogP contribution < -0.4 is 5.32 Å². The molecule has 2 aromatic heterocycles. The van der Waals surface area contributed by atoms with Crippen molar-refractivity contribution in [3.8, 4) is 0 Å². The van der Waals surface area contributed by atoms with E-state index in [9.17, 15) is 4.79 Å². The topological polar surface area (TPSA) is 51.5 Å². The minimum Gasteiger partial charge on any atom is -0.465 e. The molecule has 1 atom stereocenters. The summed E-state index contributed by atoms with van der Waals surface area (Å²) in [5.41, 5.74) is 0. The van der Waals surface area contributed by atoms with Crippen LogP contribution in [0.15, 0.2) is 41.0 Å². The van der Waals surface area contributed by atoms with Crippen LogP contribution in [0.4, 0.5) is 0 Å². The summed E-state index contributed by atoms with van der Waals surface area (Å²) in [6.07, 6.45) is 4.53. The minimum atomic E-state index is -0.170. The Morgan fingerprint density at radius 1 is 1.50 bits per heavy atom. The highest BCUT2D eigenvalue weighted by Crippen LogP contribution is 2.24. The lowest BCUT2D eigenvalue weighted by Gasteiger charge is -2.13. The Bertz CT molecular complexity index is 572. The van der Waals surface area contributed by atoms with Gasteiger partial charge in [-0.05, 0) is 37.3 Å². The zero-order valence-corrected chi connectivity index (χ0v) is 12.3. The number of nitrogens with one attached hydrogen (secondary N) is 1. The van der Waals surface area contributed by atoms with Gasteiger partial charge in [0, 0.05) is 29.5 Å². The van der Waals surface area contributed by atoms with Crippen LogP contribution in [-0.2, 0) is 9.53 Å². The summed E-state index contributed by atoms with van der Waals surface area (Å²) in [5.74, 6) is 0.481. The molecule has 0 bridgehead atoms. The lowest BCUT2D eigenvalue weighted by Crippen LogP contribution is -2.27. The van der Waals surface area contributed by atoms with E-state index in [1.54, 1.807) is 42.9 Å². The first-order valence-corrected chi connectivity index (χ1v) is 7.09. The quantitative estimate of drug-likeness (QED) is 0.832. The smallest absolute Gasteiger partial charge is 0.244 e. The summed E-state index contributed by atoms with van der Waals surface area (Å²) in [5, 5.41) is 2.82. The van der Waals surface area contributed by atoms with Gasteiger partial charge >= 0.3 is 0 Å². The molecule has 0 fully saturated rings. The van der Waals surface area contributed by atoms with Crippen LogP contribution in [-0.4, -0.2) is 19.6 Å². The molecular formula is C15H17NO3S. The zero-order valence-electron chi connectivity index (χ0n) is 11.5. The van der Waals surface area contributed by atoms with Crippen LogP contribution in [0.2, 0.25) is 0 Å². The van der Waals surface area contributed by atoms with Gasteiger partial charge in [-0.2, -0.15) is 0 Å². The summed E-state index contributed by atoms with van der Waals surface area (Å²) < 4.78 is 10.5. The second-order valence-corrected chi connectivity index (χ2v) is 5.59. The van der Waals surface area contributed by atoms with Gasteiger partial charge in [0.15, 0.2) is 0 Å². The van der Waals surface area contributed by atoms with Crippen LogP contribution in [0, 0.1) is 6.92 Å². The third kappa shape index (κ3) is 4.08. The van der Waals surface area contributed by atoms with E-state index in [2.05, 4.69) is 5.32 Å². The summed E-state index contributed by atoms with van der Waals surface area (Å²) in [6, 6.07) is 7.64. The normalized spacial score (nSPS) is 12.7. The van der Waals surface area contributed by atoms with Crippen LogP contribution in [0.25, 0.3) is 6.08 Å². The van der Waals surface area contributed by atoms with Gasteiger partial charge < -0.3 is 14.5 Å². The summed E-state index contributed by atoms with van der Waals surface area (Å²) in [7, 11) is 1.64. The Morgan fingerprint density at radius 2 is 2.35 bits per heavy atom. The largest absolute Gasteiger partial charge is 0.465 e. The fourth-order valence-electron chi connectivity index (χ4n) is 1.72. The molecule has 0 saturated heterocycles. The van der Waals surface area contributed by atoms with Gasteiger partial charge in [-0.15, -0.1) is 11.3 Å². The van der Waals surface area contributed by atoms with Crippen molar-refractivity contribution in [1.82, 2.24) is 5.32 Å². The molecule has 1 unspecified atom stereocenters. The number of carbonyl (C=O) groups is 1. The molecule has 2 aromatic rings. The first kappa shape index (κ1) is 14.6. The van der Waals surface area contributed by atoms with Crippen molar-refractivity contribution < 1.29 is 13.9 Å². The van der Waals surface area contributed by atoms with Crippen molar-refractivity contribution in [2.45, 2.75) is 13.0 Å². The highest BCUT2D eigenvalue weighted by atomic mass is 32.1. The number of hydrogen-bond acceptors (Lipinski definition) is 4. The Hall–Kier alpha value is -1.85. The maximum atomic E-state index is 11.7. The average molecular weight is 291 g/mol. The highest BCUT2D eigenvalue weighted by molar-refractivity contribution is 7.12. The maximum Gasteiger partial charge on any atom is 0.244 e. The molecule has 0 aliphatic carbocycles. The van der Waals surface area contributed by atoms with Gasteiger partial charge in [0.05, 0.1) is 6.26 Å². The summed E-state index contributed by atoms with van der Waals surface area (Å²) in [6.45, 7) is 2.49. The van der Waals surface area contributed by atoms with E-state index >= 15 is 0 Å².